The molecule has 0 amide bonds. The van der Waals surface area contributed by atoms with Gasteiger partial charge in [-0.05, 0) is 52.0 Å². The van der Waals surface area contributed by atoms with Crippen molar-refractivity contribution in [3.63, 3.8) is 0 Å². The van der Waals surface area contributed by atoms with E-state index in [2.05, 4.69) is 0 Å². The minimum Gasteiger partial charge on any atom is -0.459 e. The zero-order valence-corrected chi connectivity index (χ0v) is 16.9. The van der Waals surface area contributed by atoms with Crippen LogP contribution in [0.3, 0.4) is 0 Å². The monoisotopic (exact) mass is 392 g/mol. The van der Waals surface area contributed by atoms with E-state index in [4.69, 9.17) is 4.74 Å². The van der Waals surface area contributed by atoms with Gasteiger partial charge in [-0.15, -0.1) is 0 Å². The van der Waals surface area contributed by atoms with Crippen molar-refractivity contribution in [3.8, 4) is 0 Å². The summed E-state index contributed by atoms with van der Waals surface area (Å²) in [6.45, 7) is 6.57. The number of hydrogen-bond donors (Lipinski definition) is 0. The first-order chi connectivity index (χ1) is 12.4. The first-order valence-electron chi connectivity index (χ1n) is 8.38. The van der Waals surface area contributed by atoms with Gasteiger partial charge in [0.25, 0.3) is 5.56 Å². The van der Waals surface area contributed by atoms with Crippen molar-refractivity contribution in [3.05, 3.63) is 58.5 Å². The van der Waals surface area contributed by atoms with Gasteiger partial charge in [0.1, 0.15) is 17.8 Å². The van der Waals surface area contributed by atoms with E-state index < -0.39 is 27.2 Å². The third-order valence-electron chi connectivity index (χ3n) is 3.62. The predicted molar refractivity (Wildman–Crippen MR) is 105 cm³/mol. The molecule has 0 aliphatic heterocycles. The molecule has 146 valence electrons. The Morgan fingerprint density at radius 1 is 1.11 bits per heavy atom. The molecule has 8 heteroatoms. The van der Waals surface area contributed by atoms with Gasteiger partial charge in [-0.1, -0.05) is 18.2 Å². The molecule has 0 saturated heterocycles. The van der Waals surface area contributed by atoms with Crippen LogP contribution in [-0.2, 0) is 26.1 Å². The Hall–Kier alpha value is -2.61. The van der Waals surface area contributed by atoms with Crippen LogP contribution in [0.4, 0.5) is 11.4 Å². The standard InChI is InChI=1S/C19H24N2O5S/c1-14-11-12-16(18(23)20(14)13-17(22)26-19(2,3)4)21(27(5,24)25)15-9-7-6-8-10-15/h6-12H,13H2,1-5H3. The number of carbonyl (C=O) groups excluding carboxylic acids is 1. The van der Waals surface area contributed by atoms with Gasteiger partial charge in [0.15, 0.2) is 0 Å². The highest BCUT2D eigenvalue weighted by molar-refractivity contribution is 7.92. The lowest BCUT2D eigenvalue weighted by molar-refractivity contribution is -0.155. The van der Waals surface area contributed by atoms with E-state index in [-0.39, 0.29) is 12.2 Å². The predicted octanol–water partition coefficient (Wildman–Crippen LogP) is 2.60. The molecule has 0 fully saturated rings. The van der Waals surface area contributed by atoms with Crippen molar-refractivity contribution >= 4 is 27.4 Å². The van der Waals surface area contributed by atoms with Crippen molar-refractivity contribution in [1.29, 1.82) is 0 Å². The molecule has 0 N–H and O–H groups in total. The molecule has 27 heavy (non-hydrogen) atoms. The molecule has 1 aromatic carbocycles. The second kappa shape index (κ2) is 7.56. The lowest BCUT2D eigenvalue weighted by atomic mass is 10.2. The fraction of sp³-hybridized carbons (Fsp3) is 0.368. The van der Waals surface area contributed by atoms with Gasteiger partial charge in [0.05, 0.1) is 11.9 Å². The molecular formula is C19H24N2O5S. The summed E-state index contributed by atoms with van der Waals surface area (Å²) >= 11 is 0. The van der Waals surface area contributed by atoms with Gasteiger partial charge in [-0.2, -0.15) is 0 Å². The Bertz CT molecular complexity index is 989. The summed E-state index contributed by atoms with van der Waals surface area (Å²) in [5, 5.41) is 0. The molecule has 2 aromatic rings. The molecule has 0 bridgehead atoms. The quantitative estimate of drug-likeness (QED) is 0.730. The first kappa shape index (κ1) is 20.7. The Morgan fingerprint density at radius 2 is 1.70 bits per heavy atom. The molecule has 7 nitrogen and oxygen atoms in total. The third-order valence-corrected chi connectivity index (χ3v) is 4.69. The number of sulfonamides is 1. The van der Waals surface area contributed by atoms with Crippen LogP contribution in [-0.4, -0.2) is 30.8 Å². The molecule has 1 aromatic heterocycles. The molecule has 0 unspecified atom stereocenters. The second-order valence-corrected chi connectivity index (χ2v) is 9.03. The Labute approximate surface area is 159 Å². The highest BCUT2D eigenvalue weighted by Gasteiger charge is 2.25. The van der Waals surface area contributed by atoms with E-state index in [0.29, 0.717) is 11.4 Å². The number of hydrogen-bond acceptors (Lipinski definition) is 5. The normalized spacial score (nSPS) is 11.9. The van der Waals surface area contributed by atoms with Crippen LogP contribution in [0.25, 0.3) is 0 Å². The maximum Gasteiger partial charge on any atom is 0.326 e. The number of carbonyl (C=O) groups is 1. The molecule has 0 aliphatic rings. The molecule has 0 saturated carbocycles. The molecule has 1 heterocycles. The zero-order valence-electron chi connectivity index (χ0n) is 16.1. The van der Waals surface area contributed by atoms with Gasteiger partial charge in [0.2, 0.25) is 10.0 Å². The lowest BCUT2D eigenvalue weighted by Crippen LogP contribution is -2.36. The largest absolute Gasteiger partial charge is 0.459 e. The third kappa shape index (κ3) is 5.19. The van der Waals surface area contributed by atoms with E-state index in [1.165, 1.54) is 10.6 Å². The summed E-state index contributed by atoms with van der Waals surface area (Å²) in [4.78, 5) is 25.2. The van der Waals surface area contributed by atoms with Gasteiger partial charge >= 0.3 is 5.97 Å². The number of aromatic nitrogens is 1. The topological polar surface area (TPSA) is 85.7 Å². The number of anilines is 2. The summed E-state index contributed by atoms with van der Waals surface area (Å²) in [6, 6.07) is 11.3. The van der Waals surface area contributed by atoms with Gasteiger partial charge < -0.3 is 4.74 Å². The number of para-hydroxylation sites is 1. The number of aryl methyl sites for hydroxylation is 1. The summed E-state index contributed by atoms with van der Waals surface area (Å²) in [7, 11) is -3.78. The van der Waals surface area contributed by atoms with Crippen molar-refractivity contribution in [2.45, 2.75) is 39.8 Å². The number of esters is 1. The van der Waals surface area contributed by atoms with Gasteiger partial charge in [-0.3, -0.25) is 14.2 Å². The highest BCUT2D eigenvalue weighted by atomic mass is 32.2. The number of rotatable bonds is 5. The number of pyridine rings is 1. The van der Waals surface area contributed by atoms with E-state index in [1.807, 2.05) is 0 Å². The minimum atomic E-state index is -3.78. The fourth-order valence-electron chi connectivity index (χ4n) is 2.59. The smallest absolute Gasteiger partial charge is 0.326 e. The Kier molecular flexibility index (Phi) is 5.79. The van der Waals surface area contributed by atoms with Crippen LogP contribution < -0.4 is 9.86 Å². The zero-order chi connectivity index (χ0) is 20.4. The van der Waals surface area contributed by atoms with Gasteiger partial charge in [0, 0.05) is 5.69 Å². The van der Waals surface area contributed by atoms with Crippen molar-refractivity contribution in [2.75, 3.05) is 10.6 Å². The van der Waals surface area contributed by atoms with Crippen LogP contribution in [0.5, 0.6) is 0 Å². The fourth-order valence-corrected chi connectivity index (χ4v) is 3.59. The first-order valence-corrected chi connectivity index (χ1v) is 10.2. The van der Waals surface area contributed by atoms with E-state index in [0.717, 1.165) is 10.6 Å². The maximum absolute atomic E-state index is 13.0. The van der Waals surface area contributed by atoms with Crippen LogP contribution >= 0.6 is 0 Å². The molecule has 0 aliphatic carbocycles. The SMILES string of the molecule is Cc1ccc(N(c2ccccc2)S(C)(=O)=O)c(=O)n1CC(=O)OC(C)(C)C. The molecule has 2 rings (SSSR count). The summed E-state index contributed by atoms with van der Waals surface area (Å²) in [6.07, 6.45) is 1.03. The summed E-state index contributed by atoms with van der Waals surface area (Å²) in [5.74, 6) is -0.574. The molecule has 0 atom stereocenters. The van der Waals surface area contributed by atoms with Crippen molar-refractivity contribution in [1.82, 2.24) is 4.57 Å². The molecule has 0 radical (unpaired) electrons. The van der Waals surface area contributed by atoms with Crippen LogP contribution in [0.2, 0.25) is 0 Å². The number of ether oxygens (including phenoxy) is 1. The highest BCUT2D eigenvalue weighted by Crippen LogP contribution is 2.25. The van der Waals surface area contributed by atoms with Gasteiger partial charge in [-0.25, -0.2) is 12.7 Å². The average Bonchev–Trinajstić information content (AvgIpc) is 2.52. The number of nitrogens with zero attached hydrogens (tertiary/aromatic N) is 2. The number of benzene rings is 1. The summed E-state index contributed by atoms with van der Waals surface area (Å²) < 4.78 is 32.2. The average molecular weight is 392 g/mol. The molecular weight excluding hydrogens is 368 g/mol. The second-order valence-electron chi connectivity index (χ2n) is 7.20. The van der Waals surface area contributed by atoms with Crippen LogP contribution in [0.1, 0.15) is 26.5 Å². The summed E-state index contributed by atoms with van der Waals surface area (Å²) in [5.41, 5.74) is -0.469. The Balaban J connectivity index is 2.55. The Morgan fingerprint density at radius 3 is 2.22 bits per heavy atom. The van der Waals surface area contributed by atoms with Crippen LogP contribution in [0, 0.1) is 6.92 Å². The van der Waals surface area contributed by atoms with E-state index in [9.17, 15) is 18.0 Å². The van der Waals surface area contributed by atoms with Crippen LogP contribution in [0.15, 0.2) is 47.3 Å². The molecule has 0 spiro atoms. The van der Waals surface area contributed by atoms with Crippen molar-refractivity contribution < 1.29 is 17.9 Å². The lowest BCUT2D eigenvalue weighted by Gasteiger charge is -2.24. The minimum absolute atomic E-state index is 0.0575. The van der Waals surface area contributed by atoms with Crippen molar-refractivity contribution in [2.24, 2.45) is 0 Å². The van der Waals surface area contributed by atoms with E-state index >= 15 is 0 Å². The maximum atomic E-state index is 13.0. The van der Waals surface area contributed by atoms with E-state index in [1.54, 1.807) is 64.1 Å².